The molecule has 2 aliphatic rings. The van der Waals surface area contributed by atoms with Crippen molar-refractivity contribution in [2.24, 2.45) is 11.8 Å². The van der Waals surface area contributed by atoms with Gasteiger partial charge < -0.3 is 10.2 Å². The predicted octanol–water partition coefficient (Wildman–Crippen LogP) is 3.29. The van der Waals surface area contributed by atoms with Gasteiger partial charge in [-0.25, -0.2) is 0 Å². The first-order chi connectivity index (χ1) is 11.1. The highest BCUT2D eigenvalue weighted by Gasteiger charge is 2.33. The molecule has 1 heterocycles. The van der Waals surface area contributed by atoms with Gasteiger partial charge in [-0.1, -0.05) is 19.3 Å². The highest BCUT2D eigenvalue weighted by atomic mass is 16.6. The van der Waals surface area contributed by atoms with Gasteiger partial charge in [-0.3, -0.25) is 14.9 Å². The lowest BCUT2D eigenvalue weighted by Gasteiger charge is -2.41. The van der Waals surface area contributed by atoms with E-state index in [2.05, 4.69) is 5.32 Å². The van der Waals surface area contributed by atoms with Gasteiger partial charge in [0.25, 0.3) is 11.6 Å². The molecule has 3 rings (SSSR count). The van der Waals surface area contributed by atoms with Crippen LogP contribution in [0.5, 0.6) is 0 Å². The number of nitrogens with zero attached hydrogens (tertiary/aromatic N) is 2. The number of nitro benzene ring substituents is 1. The third-order valence-corrected chi connectivity index (χ3v) is 5.29. The second-order valence-corrected chi connectivity index (χ2v) is 6.58. The fourth-order valence-corrected chi connectivity index (χ4v) is 4.00. The Balaban J connectivity index is 1.77. The zero-order valence-electron chi connectivity index (χ0n) is 13.5. The van der Waals surface area contributed by atoms with Crippen molar-refractivity contribution < 1.29 is 9.72 Å². The van der Waals surface area contributed by atoms with Crippen LogP contribution in [0.25, 0.3) is 0 Å². The monoisotopic (exact) mass is 317 g/mol. The molecule has 0 bridgehead atoms. The molecule has 6 heteroatoms. The first kappa shape index (κ1) is 15.8. The van der Waals surface area contributed by atoms with E-state index in [1.165, 1.54) is 31.7 Å². The maximum absolute atomic E-state index is 12.7. The van der Waals surface area contributed by atoms with E-state index in [1.54, 1.807) is 19.2 Å². The van der Waals surface area contributed by atoms with Crippen LogP contribution in [-0.2, 0) is 0 Å². The summed E-state index contributed by atoms with van der Waals surface area (Å²) in [4.78, 5) is 25.3. The molecule has 1 aromatic carbocycles. The molecule has 0 aromatic heterocycles. The summed E-state index contributed by atoms with van der Waals surface area (Å²) in [6.07, 6.45) is 6.12. The molecule has 0 radical (unpaired) electrons. The Morgan fingerprint density at radius 3 is 2.70 bits per heavy atom. The first-order valence-electron chi connectivity index (χ1n) is 8.35. The fraction of sp³-hybridized carbons (Fsp3) is 0.588. The van der Waals surface area contributed by atoms with Crippen LogP contribution in [0.3, 0.4) is 0 Å². The van der Waals surface area contributed by atoms with Gasteiger partial charge in [0.05, 0.1) is 4.92 Å². The van der Waals surface area contributed by atoms with Crippen molar-refractivity contribution in [1.29, 1.82) is 0 Å². The topological polar surface area (TPSA) is 75.5 Å². The normalized spacial score (nSPS) is 24.0. The van der Waals surface area contributed by atoms with E-state index >= 15 is 0 Å². The van der Waals surface area contributed by atoms with Crippen LogP contribution in [0.15, 0.2) is 18.2 Å². The number of anilines is 1. The Labute approximate surface area is 136 Å². The third-order valence-electron chi connectivity index (χ3n) is 5.29. The van der Waals surface area contributed by atoms with E-state index in [4.69, 9.17) is 0 Å². The maximum Gasteiger partial charge on any atom is 0.293 e. The van der Waals surface area contributed by atoms with Gasteiger partial charge in [0.1, 0.15) is 5.69 Å². The van der Waals surface area contributed by atoms with E-state index in [0.29, 0.717) is 17.2 Å². The number of carbonyl (C=O) groups excluding carboxylic acids is 1. The number of amides is 1. The first-order valence-corrected chi connectivity index (χ1v) is 8.35. The van der Waals surface area contributed by atoms with E-state index in [-0.39, 0.29) is 11.6 Å². The number of carbonyl (C=O) groups is 1. The summed E-state index contributed by atoms with van der Waals surface area (Å²) >= 11 is 0. The molecule has 1 aliphatic heterocycles. The summed E-state index contributed by atoms with van der Waals surface area (Å²) in [6.45, 7) is 1.56. The van der Waals surface area contributed by atoms with Gasteiger partial charge in [-0.15, -0.1) is 0 Å². The summed E-state index contributed by atoms with van der Waals surface area (Å²) < 4.78 is 0. The molecule has 1 aliphatic carbocycles. The number of rotatable bonds is 3. The van der Waals surface area contributed by atoms with E-state index < -0.39 is 4.92 Å². The van der Waals surface area contributed by atoms with Crippen LogP contribution < -0.4 is 5.32 Å². The number of piperidine rings is 1. The standard InChI is InChI=1S/C17H23N3O3/c1-18-15-7-6-13(10-16(15)20(22)23)17(21)19-9-8-12-4-2-3-5-14(12)11-19/h6-7,10,12,14,18H,2-5,8-9,11H2,1H3/t12-,14+/m0/s1. The third kappa shape index (κ3) is 3.16. The summed E-state index contributed by atoms with van der Waals surface area (Å²) in [6, 6.07) is 4.67. The molecule has 1 saturated carbocycles. The highest BCUT2D eigenvalue weighted by molar-refractivity contribution is 5.95. The molecular formula is C17H23N3O3. The number of nitrogens with one attached hydrogen (secondary N) is 1. The Kier molecular flexibility index (Phi) is 4.50. The van der Waals surface area contributed by atoms with Crippen molar-refractivity contribution in [3.63, 3.8) is 0 Å². The second kappa shape index (κ2) is 6.56. The molecule has 0 unspecified atom stereocenters. The molecule has 23 heavy (non-hydrogen) atoms. The Bertz CT molecular complexity index is 617. The molecule has 0 spiro atoms. The van der Waals surface area contributed by atoms with Crippen molar-refractivity contribution in [3.05, 3.63) is 33.9 Å². The minimum absolute atomic E-state index is 0.0501. The van der Waals surface area contributed by atoms with E-state index in [0.717, 1.165) is 25.4 Å². The maximum atomic E-state index is 12.7. The second-order valence-electron chi connectivity index (χ2n) is 6.58. The Morgan fingerprint density at radius 1 is 1.26 bits per heavy atom. The van der Waals surface area contributed by atoms with Gasteiger partial charge in [0.15, 0.2) is 0 Å². The summed E-state index contributed by atoms with van der Waals surface area (Å²) in [5.41, 5.74) is 0.786. The molecule has 1 amide bonds. The molecular weight excluding hydrogens is 294 g/mol. The molecule has 1 saturated heterocycles. The number of nitro groups is 1. The lowest BCUT2D eigenvalue weighted by Crippen LogP contribution is -2.44. The molecule has 2 fully saturated rings. The van der Waals surface area contributed by atoms with Crippen LogP contribution in [0.1, 0.15) is 42.5 Å². The van der Waals surface area contributed by atoms with Crippen molar-refractivity contribution in [2.75, 3.05) is 25.5 Å². The number of likely N-dealkylation sites (tertiary alicyclic amines) is 1. The number of hydrogen-bond donors (Lipinski definition) is 1. The van der Waals surface area contributed by atoms with E-state index in [9.17, 15) is 14.9 Å². The zero-order valence-corrected chi connectivity index (χ0v) is 13.5. The Hall–Kier alpha value is -2.11. The van der Waals surface area contributed by atoms with Crippen LogP contribution in [0.2, 0.25) is 0 Å². The van der Waals surface area contributed by atoms with Gasteiger partial charge in [-0.05, 0) is 36.8 Å². The van der Waals surface area contributed by atoms with Crippen molar-refractivity contribution in [1.82, 2.24) is 4.90 Å². The van der Waals surface area contributed by atoms with Crippen LogP contribution in [-0.4, -0.2) is 35.9 Å². The van der Waals surface area contributed by atoms with Crippen molar-refractivity contribution >= 4 is 17.3 Å². The van der Waals surface area contributed by atoms with Gasteiger partial charge >= 0.3 is 0 Å². The number of benzene rings is 1. The lowest BCUT2D eigenvalue weighted by molar-refractivity contribution is -0.384. The quantitative estimate of drug-likeness (QED) is 0.685. The molecule has 1 N–H and O–H groups in total. The average molecular weight is 317 g/mol. The van der Waals surface area contributed by atoms with Gasteiger partial charge in [0, 0.05) is 31.8 Å². The lowest BCUT2D eigenvalue weighted by atomic mass is 9.75. The van der Waals surface area contributed by atoms with Crippen LogP contribution in [0, 0.1) is 22.0 Å². The number of hydrogen-bond acceptors (Lipinski definition) is 4. The Morgan fingerprint density at radius 2 is 2.00 bits per heavy atom. The summed E-state index contributed by atoms with van der Waals surface area (Å²) in [7, 11) is 1.64. The molecule has 2 atom stereocenters. The number of fused-ring (bicyclic) bond motifs is 1. The minimum atomic E-state index is -0.448. The van der Waals surface area contributed by atoms with Gasteiger partial charge in [-0.2, -0.15) is 0 Å². The van der Waals surface area contributed by atoms with Crippen molar-refractivity contribution in [3.8, 4) is 0 Å². The predicted molar refractivity (Wildman–Crippen MR) is 88.6 cm³/mol. The SMILES string of the molecule is CNc1ccc(C(=O)N2CC[C@@H]3CCCC[C@@H]3C2)cc1[N+](=O)[O-]. The molecule has 124 valence electrons. The highest BCUT2D eigenvalue weighted by Crippen LogP contribution is 2.36. The minimum Gasteiger partial charge on any atom is -0.383 e. The summed E-state index contributed by atoms with van der Waals surface area (Å²) in [5.74, 6) is 1.28. The van der Waals surface area contributed by atoms with Crippen LogP contribution in [0.4, 0.5) is 11.4 Å². The van der Waals surface area contributed by atoms with Gasteiger partial charge in [0.2, 0.25) is 0 Å². The summed E-state index contributed by atoms with van der Waals surface area (Å²) in [5, 5.41) is 14.0. The smallest absolute Gasteiger partial charge is 0.293 e. The molecule has 1 aromatic rings. The average Bonchev–Trinajstić information content (AvgIpc) is 2.60. The fourth-order valence-electron chi connectivity index (χ4n) is 4.00. The molecule has 6 nitrogen and oxygen atoms in total. The largest absolute Gasteiger partial charge is 0.383 e. The van der Waals surface area contributed by atoms with E-state index in [1.807, 2.05) is 4.90 Å². The zero-order chi connectivity index (χ0) is 16.4. The van der Waals surface area contributed by atoms with Crippen molar-refractivity contribution in [2.45, 2.75) is 32.1 Å². The van der Waals surface area contributed by atoms with Crippen LogP contribution >= 0.6 is 0 Å².